The molecule has 0 bridgehead atoms. The van der Waals surface area contributed by atoms with Crippen LogP contribution in [0.15, 0.2) is 5.38 Å². The summed E-state index contributed by atoms with van der Waals surface area (Å²) >= 11 is 1.49. The van der Waals surface area contributed by atoms with Gasteiger partial charge in [0.2, 0.25) is 0 Å². The van der Waals surface area contributed by atoms with E-state index >= 15 is 0 Å². The molecule has 0 spiro atoms. The van der Waals surface area contributed by atoms with Crippen molar-refractivity contribution >= 4 is 42.1 Å². The number of amides is 1. The van der Waals surface area contributed by atoms with Gasteiger partial charge in [0.15, 0.2) is 0 Å². The largest absolute Gasteiger partial charge is 0.373 e. The number of morpholine rings is 1. The van der Waals surface area contributed by atoms with E-state index in [1.807, 2.05) is 0 Å². The van der Waals surface area contributed by atoms with Crippen LogP contribution in [0.25, 0.3) is 0 Å². The van der Waals surface area contributed by atoms with Crippen molar-refractivity contribution in [2.75, 3.05) is 26.2 Å². The van der Waals surface area contributed by atoms with E-state index < -0.39 is 0 Å². The Morgan fingerprint density at radius 1 is 1.40 bits per heavy atom. The van der Waals surface area contributed by atoms with Gasteiger partial charge in [-0.05, 0) is 34.2 Å². The lowest BCUT2D eigenvalue weighted by Crippen LogP contribution is -2.58. The normalized spacial score (nSPS) is 21.2. The van der Waals surface area contributed by atoms with E-state index in [4.69, 9.17) is 10.5 Å². The second-order valence-corrected chi connectivity index (χ2v) is 7.77. The van der Waals surface area contributed by atoms with Crippen LogP contribution in [-0.4, -0.2) is 59.7 Å². The van der Waals surface area contributed by atoms with E-state index in [0.29, 0.717) is 25.2 Å². The van der Waals surface area contributed by atoms with Gasteiger partial charge in [0.05, 0.1) is 17.2 Å². The second-order valence-electron chi connectivity index (χ2n) is 6.82. The predicted octanol–water partition coefficient (Wildman–Crippen LogP) is 2.11. The molecule has 2 heterocycles. The number of rotatable bonds is 6. The van der Waals surface area contributed by atoms with E-state index in [9.17, 15) is 4.79 Å². The second kappa shape index (κ2) is 10.6. The molecule has 1 saturated heterocycles. The zero-order valence-corrected chi connectivity index (χ0v) is 17.7. The van der Waals surface area contributed by atoms with Gasteiger partial charge in [0, 0.05) is 37.0 Å². The third kappa shape index (κ3) is 7.00. The van der Waals surface area contributed by atoms with Crippen LogP contribution in [0, 0.1) is 0 Å². The van der Waals surface area contributed by atoms with Gasteiger partial charge in [0.1, 0.15) is 5.69 Å². The predicted molar refractivity (Wildman–Crippen MR) is 107 cm³/mol. The maximum atomic E-state index is 12.3. The molecule has 2 atom stereocenters. The Bertz CT molecular complexity index is 532. The summed E-state index contributed by atoms with van der Waals surface area (Å²) in [6.45, 7) is 11.4. The minimum absolute atomic E-state index is 0. The number of carbonyl (C=O) groups is 1. The van der Waals surface area contributed by atoms with E-state index in [-0.39, 0.29) is 48.5 Å². The fraction of sp³-hybridized carbons (Fsp3) is 0.750. The van der Waals surface area contributed by atoms with Gasteiger partial charge in [-0.15, -0.1) is 36.2 Å². The van der Waals surface area contributed by atoms with Crippen molar-refractivity contribution in [3.05, 3.63) is 16.1 Å². The van der Waals surface area contributed by atoms with Crippen LogP contribution < -0.4 is 11.1 Å². The van der Waals surface area contributed by atoms with Crippen molar-refractivity contribution in [2.45, 2.75) is 51.9 Å². The van der Waals surface area contributed by atoms with Crippen LogP contribution in [-0.2, 0) is 11.2 Å². The Labute approximate surface area is 166 Å². The van der Waals surface area contributed by atoms with Crippen LogP contribution in [0.5, 0.6) is 0 Å². The molecule has 1 aromatic heterocycles. The smallest absolute Gasteiger partial charge is 0.270 e. The van der Waals surface area contributed by atoms with Crippen LogP contribution in [0.3, 0.4) is 0 Å². The van der Waals surface area contributed by atoms with Gasteiger partial charge in [-0.2, -0.15) is 0 Å². The highest BCUT2D eigenvalue weighted by Crippen LogP contribution is 2.21. The maximum Gasteiger partial charge on any atom is 0.270 e. The minimum Gasteiger partial charge on any atom is -0.373 e. The summed E-state index contributed by atoms with van der Waals surface area (Å²) in [6.07, 6.45) is 1.14. The van der Waals surface area contributed by atoms with E-state index in [1.165, 1.54) is 11.3 Å². The highest BCUT2D eigenvalue weighted by Gasteiger charge is 2.33. The molecule has 2 rings (SSSR count). The first kappa shape index (κ1) is 24.6. The summed E-state index contributed by atoms with van der Waals surface area (Å²) in [5, 5.41) is 5.72. The lowest BCUT2D eigenvalue weighted by Gasteiger charge is -2.45. The quantitative estimate of drug-likeness (QED) is 0.747. The molecular formula is C16H30Cl2N4O2S. The third-order valence-corrected chi connectivity index (χ3v) is 5.01. The first-order valence-corrected chi connectivity index (χ1v) is 9.03. The summed E-state index contributed by atoms with van der Waals surface area (Å²) in [4.78, 5) is 19.0. The average molecular weight is 413 g/mol. The molecule has 0 radical (unpaired) electrons. The highest BCUT2D eigenvalue weighted by molar-refractivity contribution is 7.09. The lowest BCUT2D eigenvalue weighted by atomic mass is 10.00. The van der Waals surface area contributed by atoms with E-state index in [1.54, 1.807) is 5.38 Å². The standard InChI is InChI=1S/C16H28N4O2S.2ClH/c1-11-7-20(8-12(2)22-11)16(3,4)10-18-15(21)13-9-23-14(19-13)5-6-17;;/h9,11-12H,5-8,10,17H2,1-4H3,(H,18,21);2*1H. The number of carbonyl (C=O) groups excluding carboxylic acids is 1. The van der Waals surface area contributed by atoms with Crippen LogP contribution in [0.2, 0.25) is 0 Å². The molecule has 6 nitrogen and oxygen atoms in total. The topological polar surface area (TPSA) is 80.5 Å². The van der Waals surface area contributed by atoms with Crippen molar-refractivity contribution in [1.82, 2.24) is 15.2 Å². The SMILES string of the molecule is CC1CN(C(C)(C)CNC(=O)c2csc(CCN)n2)CC(C)O1.Cl.Cl. The van der Waals surface area contributed by atoms with E-state index in [0.717, 1.165) is 18.1 Å². The van der Waals surface area contributed by atoms with Gasteiger partial charge < -0.3 is 15.8 Å². The number of ether oxygens (including phenoxy) is 1. The molecule has 1 fully saturated rings. The van der Waals surface area contributed by atoms with Gasteiger partial charge in [-0.25, -0.2) is 4.98 Å². The number of nitrogens with two attached hydrogens (primary N) is 1. The maximum absolute atomic E-state index is 12.3. The number of thiazole rings is 1. The summed E-state index contributed by atoms with van der Waals surface area (Å²) in [5.74, 6) is -0.119. The first-order chi connectivity index (χ1) is 10.8. The van der Waals surface area contributed by atoms with Gasteiger partial charge in [-0.3, -0.25) is 9.69 Å². The third-order valence-electron chi connectivity index (χ3n) is 4.10. The molecule has 1 aromatic rings. The van der Waals surface area contributed by atoms with Crippen LogP contribution in [0.4, 0.5) is 0 Å². The van der Waals surface area contributed by atoms with Crippen molar-refractivity contribution in [2.24, 2.45) is 5.73 Å². The van der Waals surface area contributed by atoms with Crippen LogP contribution >= 0.6 is 36.2 Å². The van der Waals surface area contributed by atoms with Gasteiger partial charge in [0.25, 0.3) is 5.91 Å². The first-order valence-electron chi connectivity index (χ1n) is 8.15. The lowest BCUT2D eigenvalue weighted by molar-refractivity contribution is -0.0948. The Morgan fingerprint density at radius 2 is 2.00 bits per heavy atom. The number of aromatic nitrogens is 1. The molecule has 0 aliphatic carbocycles. The Morgan fingerprint density at radius 3 is 2.56 bits per heavy atom. The van der Waals surface area contributed by atoms with Gasteiger partial charge >= 0.3 is 0 Å². The number of nitrogens with zero attached hydrogens (tertiary/aromatic N) is 2. The molecule has 2 unspecified atom stereocenters. The monoisotopic (exact) mass is 412 g/mol. The van der Waals surface area contributed by atoms with Gasteiger partial charge in [-0.1, -0.05) is 0 Å². The Balaban J connectivity index is 0.00000288. The molecule has 0 aromatic carbocycles. The number of hydrogen-bond acceptors (Lipinski definition) is 6. The van der Waals surface area contributed by atoms with Crippen molar-refractivity contribution in [3.63, 3.8) is 0 Å². The molecular weight excluding hydrogens is 383 g/mol. The van der Waals surface area contributed by atoms with Crippen molar-refractivity contribution < 1.29 is 9.53 Å². The Kier molecular flexibility index (Phi) is 10.5. The van der Waals surface area contributed by atoms with E-state index in [2.05, 4.69) is 42.9 Å². The summed E-state index contributed by atoms with van der Waals surface area (Å²) in [6, 6.07) is 0. The minimum atomic E-state index is -0.127. The Hall–Kier alpha value is -0.440. The molecule has 9 heteroatoms. The molecule has 1 amide bonds. The molecule has 0 saturated carbocycles. The molecule has 3 N–H and O–H groups in total. The fourth-order valence-corrected chi connectivity index (χ4v) is 3.62. The summed E-state index contributed by atoms with van der Waals surface area (Å²) in [7, 11) is 0. The molecule has 1 aliphatic heterocycles. The van der Waals surface area contributed by atoms with Crippen molar-refractivity contribution in [1.29, 1.82) is 0 Å². The van der Waals surface area contributed by atoms with Crippen LogP contribution in [0.1, 0.15) is 43.2 Å². The zero-order chi connectivity index (χ0) is 17.0. The number of nitrogens with one attached hydrogen (secondary N) is 1. The summed E-state index contributed by atoms with van der Waals surface area (Å²) < 4.78 is 5.78. The molecule has 146 valence electrons. The number of halogens is 2. The zero-order valence-electron chi connectivity index (χ0n) is 15.3. The molecule has 1 aliphatic rings. The molecule has 25 heavy (non-hydrogen) atoms. The average Bonchev–Trinajstić information content (AvgIpc) is 2.93. The summed E-state index contributed by atoms with van der Waals surface area (Å²) in [5.41, 5.74) is 5.87. The highest BCUT2D eigenvalue weighted by atomic mass is 35.5. The van der Waals surface area contributed by atoms with Crippen molar-refractivity contribution in [3.8, 4) is 0 Å². The number of hydrogen-bond donors (Lipinski definition) is 2. The fourth-order valence-electron chi connectivity index (χ4n) is 2.82.